The Balaban J connectivity index is 2.03. The van der Waals surface area contributed by atoms with Gasteiger partial charge in [-0.1, -0.05) is 80.4 Å². The van der Waals surface area contributed by atoms with Gasteiger partial charge in [0.15, 0.2) is 0 Å². The standard InChI is InChI=1S/C30H28Br2N2/c1-33(2)27-17-9-23(10-18-27)30(24-11-19-28(20-12-24)34(3)4)29(21-5-13-25(31)14-6-21)22-7-15-26(32)16-8-22/h5-20H,1-4H3. The molecule has 0 heterocycles. The number of rotatable bonds is 6. The topological polar surface area (TPSA) is 6.48 Å². The fourth-order valence-electron chi connectivity index (χ4n) is 4.00. The highest BCUT2D eigenvalue weighted by molar-refractivity contribution is 9.10. The molecule has 4 heteroatoms. The van der Waals surface area contributed by atoms with E-state index >= 15 is 0 Å². The van der Waals surface area contributed by atoms with E-state index in [-0.39, 0.29) is 0 Å². The molecular formula is C30H28Br2N2. The third kappa shape index (κ3) is 5.45. The zero-order chi connectivity index (χ0) is 24.2. The molecule has 0 aromatic heterocycles. The lowest BCUT2D eigenvalue weighted by molar-refractivity contribution is 1.13. The Bertz CT molecular complexity index is 1170. The van der Waals surface area contributed by atoms with Gasteiger partial charge in [0.1, 0.15) is 0 Å². The van der Waals surface area contributed by atoms with Crippen molar-refractivity contribution in [1.82, 2.24) is 0 Å². The van der Waals surface area contributed by atoms with Crippen molar-refractivity contribution in [3.05, 3.63) is 128 Å². The van der Waals surface area contributed by atoms with Gasteiger partial charge in [0.2, 0.25) is 0 Å². The first kappa shape index (κ1) is 24.3. The Morgan fingerprint density at radius 1 is 0.412 bits per heavy atom. The zero-order valence-corrected chi connectivity index (χ0v) is 23.1. The number of hydrogen-bond donors (Lipinski definition) is 0. The fourth-order valence-corrected chi connectivity index (χ4v) is 4.52. The lowest BCUT2D eigenvalue weighted by Gasteiger charge is -2.20. The third-order valence-electron chi connectivity index (χ3n) is 5.86. The van der Waals surface area contributed by atoms with Gasteiger partial charge in [-0.3, -0.25) is 0 Å². The van der Waals surface area contributed by atoms with Crippen molar-refractivity contribution in [2.75, 3.05) is 38.0 Å². The van der Waals surface area contributed by atoms with Crippen molar-refractivity contribution in [2.24, 2.45) is 0 Å². The third-order valence-corrected chi connectivity index (χ3v) is 6.92. The largest absolute Gasteiger partial charge is 0.378 e. The lowest BCUT2D eigenvalue weighted by Crippen LogP contribution is -2.09. The second-order valence-electron chi connectivity index (χ2n) is 8.65. The molecule has 4 aromatic rings. The van der Waals surface area contributed by atoms with Crippen LogP contribution in [-0.2, 0) is 0 Å². The van der Waals surface area contributed by atoms with E-state index in [0.29, 0.717) is 0 Å². The average Bonchev–Trinajstić information content (AvgIpc) is 2.84. The van der Waals surface area contributed by atoms with Crippen LogP contribution in [0.4, 0.5) is 11.4 Å². The van der Waals surface area contributed by atoms with Crippen LogP contribution in [0.1, 0.15) is 22.3 Å². The highest BCUT2D eigenvalue weighted by Crippen LogP contribution is 2.38. The van der Waals surface area contributed by atoms with Gasteiger partial charge in [-0.25, -0.2) is 0 Å². The highest BCUT2D eigenvalue weighted by atomic mass is 79.9. The normalized spacial score (nSPS) is 10.6. The summed E-state index contributed by atoms with van der Waals surface area (Å²) in [5.74, 6) is 0. The van der Waals surface area contributed by atoms with E-state index in [1.54, 1.807) is 0 Å². The summed E-state index contributed by atoms with van der Waals surface area (Å²) in [6, 6.07) is 34.8. The van der Waals surface area contributed by atoms with Crippen molar-refractivity contribution >= 4 is 54.4 Å². The van der Waals surface area contributed by atoms with Crippen LogP contribution in [0.15, 0.2) is 106 Å². The van der Waals surface area contributed by atoms with E-state index in [1.807, 2.05) is 0 Å². The van der Waals surface area contributed by atoms with E-state index < -0.39 is 0 Å². The molecule has 0 fully saturated rings. The number of anilines is 2. The van der Waals surface area contributed by atoms with Gasteiger partial charge in [-0.2, -0.15) is 0 Å². The molecule has 34 heavy (non-hydrogen) atoms. The average molecular weight is 576 g/mol. The summed E-state index contributed by atoms with van der Waals surface area (Å²) >= 11 is 7.20. The Morgan fingerprint density at radius 2 is 0.647 bits per heavy atom. The quantitative estimate of drug-likeness (QED) is 0.213. The summed E-state index contributed by atoms with van der Waals surface area (Å²) < 4.78 is 2.14. The molecule has 172 valence electrons. The first-order valence-corrected chi connectivity index (χ1v) is 12.7. The molecule has 0 saturated carbocycles. The summed E-state index contributed by atoms with van der Waals surface area (Å²) in [4.78, 5) is 4.26. The molecule has 0 N–H and O–H groups in total. The van der Waals surface area contributed by atoms with E-state index in [4.69, 9.17) is 0 Å². The molecule has 0 aliphatic rings. The first-order chi connectivity index (χ1) is 16.3. The van der Waals surface area contributed by atoms with Crippen molar-refractivity contribution in [2.45, 2.75) is 0 Å². The first-order valence-electron chi connectivity index (χ1n) is 11.1. The molecule has 0 aliphatic heterocycles. The smallest absolute Gasteiger partial charge is 0.0361 e. The minimum absolute atomic E-state index is 1.07. The Hall–Kier alpha value is -2.82. The summed E-state index contributed by atoms with van der Waals surface area (Å²) in [6.07, 6.45) is 0. The second-order valence-corrected chi connectivity index (χ2v) is 10.5. The molecule has 0 unspecified atom stereocenters. The number of benzene rings is 4. The van der Waals surface area contributed by atoms with E-state index in [9.17, 15) is 0 Å². The zero-order valence-electron chi connectivity index (χ0n) is 19.9. The maximum atomic E-state index is 3.60. The van der Waals surface area contributed by atoms with Crippen LogP contribution in [0.5, 0.6) is 0 Å². The van der Waals surface area contributed by atoms with Gasteiger partial charge in [0.25, 0.3) is 0 Å². The molecule has 0 saturated heterocycles. The summed E-state index contributed by atoms with van der Waals surface area (Å²) in [5.41, 5.74) is 9.49. The number of nitrogens with zero attached hydrogens (tertiary/aromatic N) is 2. The predicted molar refractivity (Wildman–Crippen MR) is 155 cm³/mol. The van der Waals surface area contributed by atoms with E-state index in [0.717, 1.165) is 8.95 Å². The van der Waals surface area contributed by atoms with Gasteiger partial charge < -0.3 is 9.80 Å². The fraction of sp³-hybridized carbons (Fsp3) is 0.133. The van der Waals surface area contributed by atoms with Crippen molar-refractivity contribution < 1.29 is 0 Å². The van der Waals surface area contributed by atoms with E-state index in [2.05, 4.69) is 167 Å². The summed E-state index contributed by atoms with van der Waals surface area (Å²) in [6.45, 7) is 0. The maximum Gasteiger partial charge on any atom is 0.0361 e. The van der Waals surface area contributed by atoms with E-state index in [1.165, 1.54) is 44.8 Å². The molecule has 0 amide bonds. The maximum absolute atomic E-state index is 3.60. The minimum Gasteiger partial charge on any atom is -0.378 e. The second kappa shape index (κ2) is 10.6. The molecule has 0 radical (unpaired) electrons. The van der Waals surface area contributed by atoms with Crippen molar-refractivity contribution in [3.8, 4) is 0 Å². The molecule has 0 spiro atoms. The minimum atomic E-state index is 1.07. The summed E-state index contributed by atoms with van der Waals surface area (Å²) in [7, 11) is 8.28. The molecule has 4 aromatic carbocycles. The Labute approximate surface area is 219 Å². The molecule has 4 rings (SSSR count). The Kier molecular flexibility index (Phi) is 7.60. The highest BCUT2D eigenvalue weighted by Gasteiger charge is 2.17. The van der Waals surface area contributed by atoms with Crippen LogP contribution in [0.2, 0.25) is 0 Å². The van der Waals surface area contributed by atoms with Gasteiger partial charge in [0.05, 0.1) is 0 Å². The van der Waals surface area contributed by atoms with Crippen LogP contribution in [0, 0.1) is 0 Å². The Morgan fingerprint density at radius 3 is 0.882 bits per heavy atom. The van der Waals surface area contributed by atoms with Crippen LogP contribution >= 0.6 is 31.9 Å². The van der Waals surface area contributed by atoms with Crippen LogP contribution in [-0.4, -0.2) is 28.2 Å². The monoisotopic (exact) mass is 574 g/mol. The van der Waals surface area contributed by atoms with Crippen molar-refractivity contribution in [3.63, 3.8) is 0 Å². The van der Waals surface area contributed by atoms with Gasteiger partial charge in [-0.15, -0.1) is 0 Å². The van der Waals surface area contributed by atoms with Crippen molar-refractivity contribution in [1.29, 1.82) is 0 Å². The molecule has 2 nitrogen and oxygen atoms in total. The molecule has 0 bridgehead atoms. The lowest BCUT2D eigenvalue weighted by atomic mass is 9.85. The van der Waals surface area contributed by atoms with Gasteiger partial charge in [-0.05, 0) is 81.9 Å². The van der Waals surface area contributed by atoms with Crippen LogP contribution in [0.25, 0.3) is 11.1 Å². The van der Waals surface area contributed by atoms with Crippen LogP contribution < -0.4 is 9.80 Å². The SMILES string of the molecule is CN(C)c1ccc(C(=C(c2ccc(Br)cc2)c2ccc(Br)cc2)c2ccc(N(C)C)cc2)cc1. The van der Waals surface area contributed by atoms with Gasteiger partial charge in [0, 0.05) is 48.5 Å². The number of halogens is 2. The van der Waals surface area contributed by atoms with Crippen LogP contribution in [0.3, 0.4) is 0 Å². The van der Waals surface area contributed by atoms with Gasteiger partial charge >= 0.3 is 0 Å². The summed E-state index contributed by atoms with van der Waals surface area (Å²) in [5, 5.41) is 0. The molecule has 0 atom stereocenters. The molecule has 0 aliphatic carbocycles. The molecular weight excluding hydrogens is 548 g/mol. The predicted octanol–water partition coefficient (Wildman–Crippen LogP) is 8.35. The number of hydrogen-bond acceptors (Lipinski definition) is 2.